The molecule has 0 saturated carbocycles. The summed E-state index contributed by atoms with van der Waals surface area (Å²) in [7, 11) is 0. The smallest absolute Gasteiger partial charge is 0.255 e. The number of amides is 1. The van der Waals surface area contributed by atoms with E-state index in [2.05, 4.69) is 33.6 Å². The van der Waals surface area contributed by atoms with Crippen molar-refractivity contribution in [2.75, 3.05) is 6.61 Å². The summed E-state index contributed by atoms with van der Waals surface area (Å²) in [5.41, 5.74) is 8.07. The van der Waals surface area contributed by atoms with Gasteiger partial charge in [-0.1, -0.05) is 0 Å². The molecule has 2 aromatic rings. The molecule has 0 aliphatic carbocycles. The van der Waals surface area contributed by atoms with Gasteiger partial charge in [-0.3, -0.25) is 9.79 Å². The number of aliphatic imine (C=N–C) groups is 1. The highest BCUT2D eigenvalue weighted by atomic mass is 127. The van der Waals surface area contributed by atoms with E-state index >= 15 is 0 Å². The molecule has 0 radical (unpaired) electrons. The molecule has 0 fully saturated rings. The van der Waals surface area contributed by atoms with Crippen LogP contribution in [0.15, 0.2) is 47.5 Å². The van der Waals surface area contributed by atoms with Gasteiger partial charge >= 0.3 is 0 Å². The molecular weight excluding hydrogens is 379 g/mol. The maximum Gasteiger partial charge on any atom is 0.255 e. The number of aryl methyl sites for hydroxylation is 1. The summed E-state index contributed by atoms with van der Waals surface area (Å²) < 4.78 is 6.39. The first kappa shape index (κ1) is 15.5. The second-order valence-corrected chi connectivity index (χ2v) is 5.76. The number of nitrogens with two attached hydrogens (primary N) is 1. The van der Waals surface area contributed by atoms with E-state index in [-0.39, 0.29) is 6.61 Å². The summed E-state index contributed by atoms with van der Waals surface area (Å²) in [5, 5.41) is 0. The Hall–Kier alpha value is -1.89. The predicted octanol–water partition coefficient (Wildman–Crippen LogP) is 3.21. The summed E-state index contributed by atoms with van der Waals surface area (Å²) in [4.78, 5) is 15.1. The number of benzene rings is 2. The van der Waals surface area contributed by atoms with Gasteiger partial charge in [0.1, 0.15) is 5.75 Å². The van der Waals surface area contributed by atoms with Crippen molar-refractivity contribution in [2.24, 2.45) is 10.7 Å². The minimum Gasteiger partial charge on any atom is -0.484 e. The van der Waals surface area contributed by atoms with Crippen LogP contribution in [0.2, 0.25) is 0 Å². The zero-order valence-electron chi connectivity index (χ0n) is 11.5. The first-order valence-corrected chi connectivity index (χ1v) is 7.44. The summed E-state index contributed by atoms with van der Waals surface area (Å²) in [6.45, 7) is 1.92. The van der Waals surface area contributed by atoms with E-state index in [0.29, 0.717) is 5.75 Å². The van der Waals surface area contributed by atoms with Crippen molar-refractivity contribution in [1.29, 1.82) is 0 Å². The maximum atomic E-state index is 10.6. The van der Waals surface area contributed by atoms with Crippen LogP contribution in [-0.4, -0.2) is 18.7 Å². The molecule has 0 aromatic heterocycles. The monoisotopic (exact) mass is 394 g/mol. The van der Waals surface area contributed by atoms with E-state index < -0.39 is 5.91 Å². The van der Waals surface area contributed by atoms with Gasteiger partial charge in [-0.2, -0.15) is 0 Å². The Balaban J connectivity index is 2.05. The fourth-order valence-electron chi connectivity index (χ4n) is 1.71. The Kier molecular flexibility index (Phi) is 5.32. The number of primary amides is 1. The zero-order chi connectivity index (χ0) is 15.2. The average Bonchev–Trinajstić information content (AvgIpc) is 2.45. The number of carbonyl (C=O) groups is 1. The van der Waals surface area contributed by atoms with Crippen LogP contribution in [0.1, 0.15) is 11.1 Å². The van der Waals surface area contributed by atoms with Crippen LogP contribution in [0.3, 0.4) is 0 Å². The number of hydrogen-bond donors (Lipinski definition) is 1. The second-order valence-electron chi connectivity index (χ2n) is 4.51. The lowest BCUT2D eigenvalue weighted by Crippen LogP contribution is -2.19. The third kappa shape index (κ3) is 4.86. The number of ether oxygens (including phenoxy) is 1. The zero-order valence-corrected chi connectivity index (χ0v) is 13.7. The topological polar surface area (TPSA) is 64.7 Å². The molecule has 0 unspecified atom stereocenters. The van der Waals surface area contributed by atoms with Crippen molar-refractivity contribution in [1.82, 2.24) is 0 Å². The molecule has 1 amide bonds. The van der Waals surface area contributed by atoms with Gasteiger partial charge in [0.05, 0.1) is 5.69 Å². The lowest BCUT2D eigenvalue weighted by Gasteiger charge is -2.03. The first-order valence-electron chi connectivity index (χ1n) is 6.36. The molecule has 2 N–H and O–H groups in total. The van der Waals surface area contributed by atoms with E-state index in [1.165, 1.54) is 3.57 Å². The molecule has 21 heavy (non-hydrogen) atoms. The third-order valence-corrected chi connectivity index (χ3v) is 3.44. The number of carbonyl (C=O) groups excluding carboxylic acids is 1. The van der Waals surface area contributed by atoms with Gasteiger partial charge in [-0.15, -0.1) is 0 Å². The molecule has 0 aliphatic rings. The van der Waals surface area contributed by atoms with Crippen LogP contribution in [0.5, 0.6) is 5.75 Å². The van der Waals surface area contributed by atoms with Crippen molar-refractivity contribution >= 4 is 40.4 Å². The number of rotatable bonds is 5. The summed E-state index contributed by atoms with van der Waals surface area (Å²) >= 11 is 2.28. The molecule has 0 spiro atoms. The van der Waals surface area contributed by atoms with Crippen LogP contribution in [0.25, 0.3) is 0 Å². The highest BCUT2D eigenvalue weighted by Gasteiger charge is 1.98. The van der Waals surface area contributed by atoms with Gasteiger partial charge in [0.25, 0.3) is 5.91 Å². The fraction of sp³-hybridized carbons (Fsp3) is 0.125. The quantitative estimate of drug-likeness (QED) is 0.625. The number of hydrogen-bond acceptors (Lipinski definition) is 3. The summed E-state index contributed by atoms with van der Waals surface area (Å²) in [6, 6.07) is 13.4. The van der Waals surface area contributed by atoms with Gasteiger partial charge in [0.2, 0.25) is 0 Å². The number of nitrogens with zero attached hydrogens (tertiary/aromatic N) is 1. The lowest BCUT2D eigenvalue weighted by molar-refractivity contribution is -0.119. The molecule has 0 heterocycles. The fourth-order valence-corrected chi connectivity index (χ4v) is 2.36. The van der Waals surface area contributed by atoms with Crippen LogP contribution in [0.4, 0.5) is 5.69 Å². The van der Waals surface area contributed by atoms with Gasteiger partial charge < -0.3 is 10.5 Å². The van der Waals surface area contributed by atoms with Gasteiger partial charge in [-0.05, 0) is 83.1 Å². The van der Waals surface area contributed by atoms with Crippen molar-refractivity contribution < 1.29 is 9.53 Å². The van der Waals surface area contributed by atoms with Gasteiger partial charge in [0, 0.05) is 9.78 Å². The third-order valence-electron chi connectivity index (χ3n) is 2.77. The summed E-state index contributed by atoms with van der Waals surface area (Å²) in [6.07, 6.45) is 1.80. The standard InChI is InChI=1S/C16H15IN2O2/c1-11-8-13(17)4-7-15(11)19-9-12-2-5-14(6-3-12)21-10-16(18)20/h2-9H,10H2,1H3,(H2,18,20). The number of halogens is 1. The Morgan fingerprint density at radius 2 is 2.00 bits per heavy atom. The molecule has 2 aromatic carbocycles. The second kappa shape index (κ2) is 7.21. The van der Waals surface area contributed by atoms with Crippen molar-refractivity contribution in [3.05, 3.63) is 57.2 Å². The van der Waals surface area contributed by atoms with Crippen molar-refractivity contribution in [3.8, 4) is 5.75 Å². The largest absolute Gasteiger partial charge is 0.484 e. The molecule has 0 bridgehead atoms. The predicted molar refractivity (Wildman–Crippen MR) is 92.3 cm³/mol. The normalized spacial score (nSPS) is 10.8. The molecule has 108 valence electrons. The van der Waals surface area contributed by atoms with Crippen molar-refractivity contribution in [2.45, 2.75) is 6.92 Å². The van der Waals surface area contributed by atoms with E-state index in [1.807, 2.05) is 31.2 Å². The summed E-state index contributed by atoms with van der Waals surface area (Å²) in [5.74, 6) is 0.117. The Morgan fingerprint density at radius 1 is 1.29 bits per heavy atom. The molecule has 4 nitrogen and oxygen atoms in total. The van der Waals surface area contributed by atoms with Crippen LogP contribution >= 0.6 is 22.6 Å². The molecule has 5 heteroatoms. The van der Waals surface area contributed by atoms with E-state index in [9.17, 15) is 4.79 Å². The lowest BCUT2D eigenvalue weighted by atomic mass is 10.2. The average molecular weight is 394 g/mol. The van der Waals surface area contributed by atoms with Crippen LogP contribution < -0.4 is 10.5 Å². The van der Waals surface area contributed by atoms with Crippen LogP contribution in [0, 0.1) is 10.5 Å². The first-order chi connectivity index (χ1) is 10.0. The molecule has 0 aliphatic heterocycles. The van der Waals surface area contributed by atoms with E-state index in [0.717, 1.165) is 16.8 Å². The Labute approximate surface area is 137 Å². The highest BCUT2D eigenvalue weighted by Crippen LogP contribution is 2.20. The van der Waals surface area contributed by atoms with E-state index in [1.54, 1.807) is 18.3 Å². The molecule has 2 rings (SSSR count). The molecule has 0 atom stereocenters. The molecular formula is C16H15IN2O2. The van der Waals surface area contributed by atoms with Gasteiger partial charge in [-0.25, -0.2) is 0 Å². The minimum absolute atomic E-state index is 0.116. The van der Waals surface area contributed by atoms with Crippen molar-refractivity contribution in [3.63, 3.8) is 0 Å². The Morgan fingerprint density at radius 3 is 2.62 bits per heavy atom. The van der Waals surface area contributed by atoms with E-state index in [4.69, 9.17) is 10.5 Å². The SMILES string of the molecule is Cc1cc(I)ccc1N=Cc1ccc(OCC(N)=O)cc1. The Bertz CT molecular complexity index is 666. The van der Waals surface area contributed by atoms with Crippen LogP contribution in [-0.2, 0) is 4.79 Å². The highest BCUT2D eigenvalue weighted by molar-refractivity contribution is 14.1. The molecule has 0 saturated heterocycles. The minimum atomic E-state index is -0.491. The maximum absolute atomic E-state index is 10.6. The van der Waals surface area contributed by atoms with Gasteiger partial charge in [0.15, 0.2) is 6.61 Å².